The van der Waals surface area contributed by atoms with Crippen LogP contribution in [0.3, 0.4) is 0 Å². The Morgan fingerprint density at radius 1 is 1.18 bits per heavy atom. The summed E-state index contributed by atoms with van der Waals surface area (Å²) in [6, 6.07) is 15.6. The monoisotopic (exact) mass is 296 g/mol. The summed E-state index contributed by atoms with van der Waals surface area (Å²) in [6.07, 6.45) is 1.97. The third-order valence-electron chi connectivity index (χ3n) is 3.86. The van der Waals surface area contributed by atoms with Crippen LogP contribution in [0.5, 0.6) is 5.75 Å². The Morgan fingerprint density at radius 3 is 2.73 bits per heavy atom. The fourth-order valence-electron chi connectivity index (χ4n) is 2.83. The average molecular weight is 296 g/mol. The molecule has 4 heteroatoms. The quantitative estimate of drug-likeness (QED) is 0.899. The number of urea groups is 1. The second kappa shape index (κ2) is 6.52. The molecule has 0 saturated carbocycles. The molecular weight excluding hydrogens is 276 g/mol. The van der Waals surface area contributed by atoms with Crippen LogP contribution in [0.4, 0.5) is 10.5 Å². The zero-order valence-electron chi connectivity index (χ0n) is 12.6. The Balaban J connectivity index is 1.59. The van der Waals surface area contributed by atoms with Crippen molar-refractivity contribution in [3.05, 3.63) is 59.7 Å². The second-order valence-corrected chi connectivity index (χ2v) is 5.35. The fourth-order valence-corrected chi connectivity index (χ4v) is 2.83. The maximum absolute atomic E-state index is 12.1. The maximum atomic E-state index is 12.1. The number of nitrogens with one attached hydrogen (secondary N) is 2. The van der Waals surface area contributed by atoms with Gasteiger partial charge in [0.2, 0.25) is 0 Å². The van der Waals surface area contributed by atoms with E-state index >= 15 is 0 Å². The van der Waals surface area contributed by atoms with Gasteiger partial charge in [-0.25, -0.2) is 4.79 Å². The average Bonchev–Trinajstić information content (AvgIpc) is 2.93. The van der Waals surface area contributed by atoms with Gasteiger partial charge in [-0.2, -0.15) is 0 Å². The summed E-state index contributed by atoms with van der Waals surface area (Å²) in [5.74, 6) is 0.804. The minimum absolute atomic E-state index is 0.0962. The van der Waals surface area contributed by atoms with Gasteiger partial charge >= 0.3 is 6.03 Å². The molecule has 1 unspecified atom stereocenters. The van der Waals surface area contributed by atoms with Crippen LogP contribution in [0.15, 0.2) is 48.5 Å². The maximum Gasteiger partial charge on any atom is 0.319 e. The molecule has 1 atom stereocenters. The van der Waals surface area contributed by atoms with Gasteiger partial charge in [-0.3, -0.25) is 0 Å². The number of hydrogen-bond acceptors (Lipinski definition) is 2. The Kier molecular flexibility index (Phi) is 4.28. The van der Waals surface area contributed by atoms with Gasteiger partial charge in [0.15, 0.2) is 0 Å². The van der Waals surface area contributed by atoms with Crippen molar-refractivity contribution >= 4 is 11.7 Å². The van der Waals surface area contributed by atoms with E-state index in [1.54, 1.807) is 0 Å². The van der Waals surface area contributed by atoms with E-state index in [9.17, 15) is 4.79 Å². The zero-order chi connectivity index (χ0) is 15.4. The molecule has 0 spiro atoms. The Morgan fingerprint density at radius 2 is 1.95 bits per heavy atom. The summed E-state index contributed by atoms with van der Waals surface area (Å²) in [6.45, 7) is 2.58. The van der Waals surface area contributed by atoms with Crippen LogP contribution in [0.1, 0.15) is 30.5 Å². The van der Waals surface area contributed by atoms with E-state index in [2.05, 4.69) is 22.8 Å². The number of benzene rings is 2. The van der Waals surface area contributed by atoms with Gasteiger partial charge in [-0.05, 0) is 55.2 Å². The molecule has 22 heavy (non-hydrogen) atoms. The highest BCUT2D eigenvalue weighted by Crippen LogP contribution is 2.30. The molecule has 0 aromatic heterocycles. The first-order valence-corrected chi connectivity index (χ1v) is 7.64. The predicted molar refractivity (Wildman–Crippen MR) is 87.3 cm³/mol. The van der Waals surface area contributed by atoms with Crippen LogP contribution in [0, 0.1) is 0 Å². The van der Waals surface area contributed by atoms with Gasteiger partial charge in [-0.15, -0.1) is 0 Å². The van der Waals surface area contributed by atoms with Crippen molar-refractivity contribution in [1.82, 2.24) is 5.32 Å². The highest BCUT2D eigenvalue weighted by atomic mass is 16.5. The molecule has 2 N–H and O–H groups in total. The first-order chi connectivity index (χ1) is 10.8. The molecular formula is C18H20N2O2. The van der Waals surface area contributed by atoms with Crippen LogP contribution in [-0.2, 0) is 6.42 Å². The van der Waals surface area contributed by atoms with Gasteiger partial charge in [0, 0.05) is 5.69 Å². The van der Waals surface area contributed by atoms with Crippen molar-refractivity contribution < 1.29 is 9.53 Å². The second-order valence-electron chi connectivity index (χ2n) is 5.35. The van der Waals surface area contributed by atoms with E-state index in [1.165, 1.54) is 11.1 Å². The summed E-state index contributed by atoms with van der Waals surface area (Å²) < 4.78 is 5.38. The fraction of sp³-hybridized carbons (Fsp3) is 0.278. The lowest BCUT2D eigenvalue weighted by Gasteiger charge is -2.15. The van der Waals surface area contributed by atoms with Gasteiger partial charge in [0.25, 0.3) is 0 Å². The van der Waals surface area contributed by atoms with Gasteiger partial charge in [0.1, 0.15) is 5.75 Å². The zero-order valence-corrected chi connectivity index (χ0v) is 12.6. The molecule has 3 rings (SSSR count). The van der Waals surface area contributed by atoms with Crippen LogP contribution >= 0.6 is 0 Å². The number of rotatable bonds is 4. The topological polar surface area (TPSA) is 50.4 Å². The standard InChI is InChI=1S/C18H20N2O2/c1-2-22-15-10-8-14(9-11-15)19-18(21)20-17-12-7-13-5-3-4-6-16(13)17/h3-6,8-11,17H,2,7,12H2,1H3,(H2,19,20,21). The molecule has 4 nitrogen and oxygen atoms in total. The normalized spacial score (nSPS) is 16.0. The van der Waals surface area contributed by atoms with Crippen molar-refractivity contribution in [2.75, 3.05) is 11.9 Å². The lowest BCUT2D eigenvalue weighted by molar-refractivity contribution is 0.248. The van der Waals surface area contributed by atoms with Crippen LogP contribution in [0.2, 0.25) is 0 Å². The minimum Gasteiger partial charge on any atom is -0.494 e. The lowest BCUT2D eigenvalue weighted by Crippen LogP contribution is -2.31. The molecule has 2 amide bonds. The molecule has 0 radical (unpaired) electrons. The van der Waals surface area contributed by atoms with E-state index in [-0.39, 0.29) is 12.1 Å². The third kappa shape index (κ3) is 3.22. The minimum atomic E-state index is -0.175. The first-order valence-electron chi connectivity index (χ1n) is 7.64. The number of amides is 2. The van der Waals surface area contributed by atoms with E-state index in [0.29, 0.717) is 6.61 Å². The van der Waals surface area contributed by atoms with Crippen molar-refractivity contribution in [2.24, 2.45) is 0 Å². The molecule has 0 saturated heterocycles. The molecule has 0 aliphatic heterocycles. The van der Waals surface area contributed by atoms with Crippen molar-refractivity contribution in [2.45, 2.75) is 25.8 Å². The Hall–Kier alpha value is -2.49. The number of ether oxygens (including phenoxy) is 1. The van der Waals surface area contributed by atoms with E-state index in [4.69, 9.17) is 4.74 Å². The molecule has 0 bridgehead atoms. The number of fused-ring (bicyclic) bond motifs is 1. The predicted octanol–water partition coefficient (Wildman–Crippen LogP) is 3.89. The highest BCUT2D eigenvalue weighted by molar-refractivity contribution is 5.89. The highest BCUT2D eigenvalue weighted by Gasteiger charge is 2.23. The van der Waals surface area contributed by atoms with Gasteiger partial charge < -0.3 is 15.4 Å². The lowest BCUT2D eigenvalue weighted by atomic mass is 10.1. The van der Waals surface area contributed by atoms with Crippen molar-refractivity contribution in [1.29, 1.82) is 0 Å². The van der Waals surface area contributed by atoms with Gasteiger partial charge in [0.05, 0.1) is 12.6 Å². The van der Waals surface area contributed by atoms with E-state index < -0.39 is 0 Å². The van der Waals surface area contributed by atoms with E-state index in [1.807, 2.05) is 43.3 Å². The molecule has 2 aromatic carbocycles. The number of anilines is 1. The Labute approximate surface area is 130 Å². The number of aryl methyl sites for hydroxylation is 1. The molecule has 1 aliphatic rings. The van der Waals surface area contributed by atoms with Crippen molar-refractivity contribution in [3.8, 4) is 5.75 Å². The van der Waals surface area contributed by atoms with E-state index in [0.717, 1.165) is 24.3 Å². The summed E-state index contributed by atoms with van der Waals surface area (Å²) in [5, 5.41) is 5.91. The summed E-state index contributed by atoms with van der Waals surface area (Å²) in [7, 11) is 0. The van der Waals surface area contributed by atoms with Gasteiger partial charge in [-0.1, -0.05) is 24.3 Å². The van der Waals surface area contributed by atoms with Crippen LogP contribution in [0.25, 0.3) is 0 Å². The smallest absolute Gasteiger partial charge is 0.319 e. The molecule has 0 fully saturated rings. The number of carbonyl (C=O) groups is 1. The molecule has 2 aromatic rings. The summed E-state index contributed by atoms with van der Waals surface area (Å²) in [4.78, 5) is 12.1. The summed E-state index contributed by atoms with van der Waals surface area (Å²) in [5.41, 5.74) is 3.31. The molecule has 114 valence electrons. The molecule has 0 heterocycles. The largest absolute Gasteiger partial charge is 0.494 e. The Bertz CT molecular complexity index is 652. The number of carbonyl (C=O) groups excluding carboxylic acids is 1. The third-order valence-corrected chi connectivity index (χ3v) is 3.86. The summed E-state index contributed by atoms with van der Waals surface area (Å²) >= 11 is 0. The SMILES string of the molecule is CCOc1ccc(NC(=O)NC2CCc3ccccc32)cc1. The first kappa shape index (κ1) is 14.4. The number of hydrogen-bond donors (Lipinski definition) is 2. The van der Waals surface area contributed by atoms with Crippen molar-refractivity contribution in [3.63, 3.8) is 0 Å². The van der Waals surface area contributed by atoms with Crippen LogP contribution < -0.4 is 15.4 Å². The molecule has 1 aliphatic carbocycles. The van der Waals surface area contributed by atoms with Crippen LogP contribution in [-0.4, -0.2) is 12.6 Å².